The predicted molar refractivity (Wildman–Crippen MR) is 201 cm³/mol. The first-order valence-electron chi connectivity index (χ1n) is 18.1. The minimum atomic E-state index is -3.66. The van der Waals surface area contributed by atoms with Crippen LogP contribution in [0.3, 0.4) is 0 Å². The van der Waals surface area contributed by atoms with Crippen LogP contribution in [0.4, 0.5) is 0 Å². The molecule has 0 heterocycles. The van der Waals surface area contributed by atoms with Gasteiger partial charge in [-0.2, -0.15) is 0 Å². The molecule has 0 saturated heterocycles. The van der Waals surface area contributed by atoms with E-state index in [4.69, 9.17) is 12.8 Å². The molecular formula is C33H75O5PSSi3. The van der Waals surface area contributed by atoms with Crippen molar-refractivity contribution in [3.8, 4) is 0 Å². The van der Waals surface area contributed by atoms with E-state index in [0.717, 1.165) is 69.6 Å². The Bertz CT molecular complexity index is 759. The average molecular weight is 699 g/mol. The van der Waals surface area contributed by atoms with Gasteiger partial charge >= 0.3 is 276 Å². The van der Waals surface area contributed by atoms with Crippen molar-refractivity contribution in [2.24, 2.45) is 0 Å². The Hall–Kier alpha value is 0.911. The van der Waals surface area contributed by atoms with E-state index in [2.05, 4.69) is 67.0 Å². The summed E-state index contributed by atoms with van der Waals surface area (Å²) in [7, 11) is -6.99. The summed E-state index contributed by atoms with van der Waals surface area (Å²) >= 11 is 0. The van der Waals surface area contributed by atoms with Gasteiger partial charge in [-0.05, 0) is 0 Å². The van der Waals surface area contributed by atoms with Gasteiger partial charge in [0.25, 0.3) is 0 Å². The molecule has 0 aliphatic rings. The third-order valence-electron chi connectivity index (χ3n) is 8.22. The van der Waals surface area contributed by atoms with Crippen molar-refractivity contribution in [1.29, 1.82) is 0 Å². The Balaban J connectivity index is 5.72. The van der Waals surface area contributed by atoms with E-state index in [1.165, 1.54) is 57.8 Å². The van der Waals surface area contributed by atoms with Gasteiger partial charge in [0.1, 0.15) is 0 Å². The second kappa shape index (κ2) is 22.5. The molecule has 0 aromatic carbocycles. The second-order valence-electron chi connectivity index (χ2n) is 15.1. The van der Waals surface area contributed by atoms with E-state index in [1.807, 2.05) is 0 Å². The minimum absolute atomic E-state index is 0.0758. The maximum absolute atomic E-state index is 13.9. The molecule has 0 aliphatic carbocycles. The van der Waals surface area contributed by atoms with Gasteiger partial charge in [-0.25, -0.2) is 0 Å². The molecule has 0 aliphatic heterocycles. The summed E-state index contributed by atoms with van der Waals surface area (Å²) < 4.78 is 47.4. The molecule has 0 spiro atoms. The molecule has 0 amide bonds. The van der Waals surface area contributed by atoms with Gasteiger partial charge < -0.3 is 0 Å². The van der Waals surface area contributed by atoms with Gasteiger partial charge in [0.15, 0.2) is 0 Å². The van der Waals surface area contributed by atoms with Crippen molar-refractivity contribution in [2.45, 2.75) is 182 Å². The summed E-state index contributed by atoms with van der Waals surface area (Å²) in [6.45, 7) is 19.1. The molecule has 0 aromatic heterocycles. The van der Waals surface area contributed by atoms with E-state index < -0.39 is 33.6 Å². The number of hydrogen-bond donors (Lipinski definition) is 0. The van der Waals surface area contributed by atoms with Gasteiger partial charge in [-0.15, -0.1) is 0 Å². The van der Waals surface area contributed by atoms with Crippen LogP contribution in [0.25, 0.3) is 0 Å². The molecule has 0 unspecified atom stereocenters. The van der Waals surface area contributed by atoms with Crippen molar-refractivity contribution in [3.05, 3.63) is 0 Å². The van der Waals surface area contributed by atoms with Gasteiger partial charge in [0.2, 0.25) is 0 Å². The third kappa shape index (κ3) is 22.2. The normalized spacial score (nSPS) is 14.3. The molecule has 0 fully saturated rings. The Morgan fingerprint density at radius 1 is 0.558 bits per heavy atom. The Morgan fingerprint density at radius 3 is 1.28 bits per heavy atom. The van der Waals surface area contributed by atoms with Crippen molar-refractivity contribution in [2.75, 3.05) is 30.4 Å². The number of rotatable bonds is 30. The number of unbranched alkanes of at least 4 members (excludes halogenated alkanes) is 12. The molecule has 0 rings (SSSR count). The zero-order valence-electron chi connectivity index (χ0n) is 30.5. The first-order chi connectivity index (χ1) is 20.0. The molecule has 5 nitrogen and oxygen atoms in total. The van der Waals surface area contributed by atoms with Crippen LogP contribution in [0.2, 0.25) is 45.3 Å². The first-order valence-corrected chi connectivity index (χ1v) is 30.7. The summed E-state index contributed by atoms with van der Waals surface area (Å²) in [5.41, 5.74) is 0. The fourth-order valence-corrected chi connectivity index (χ4v) is 21.6. The molecule has 0 N–H and O–H groups in total. The molecule has 43 heavy (non-hydrogen) atoms. The third-order valence-corrected chi connectivity index (χ3v) is 21.1. The molecule has 0 aromatic rings. The van der Waals surface area contributed by atoms with Gasteiger partial charge in [-0.3, -0.25) is 0 Å². The summed E-state index contributed by atoms with van der Waals surface area (Å²) in [4.78, 5) is 0. The number of hydrogen-bond acceptors (Lipinski definition) is 5. The van der Waals surface area contributed by atoms with E-state index in [9.17, 15) is 8.42 Å². The molecule has 0 saturated carbocycles. The van der Waals surface area contributed by atoms with Gasteiger partial charge in [0, 0.05) is 0 Å². The summed E-state index contributed by atoms with van der Waals surface area (Å²) in [6, 6.07) is 0.544. The topological polar surface area (TPSA) is 61.8 Å². The Morgan fingerprint density at radius 2 is 0.907 bits per heavy atom. The Labute approximate surface area is 275 Å². The van der Waals surface area contributed by atoms with E-state index in [1.54, 1.807) is 0 Å². The van der Waals surface area contributed by atoms with Crippen LogP contribution in [0.15, 0.2) is 0 Å². The van der Waals surface area contributed by atoms with Crippen LogP contribution < -0.4 is 0 Å². The molecular weight excluding hydrogens is 624 g/mol. The molecule has 0 bridgehead atoms. The second-order valence-corrected chi connectivity index (χ2v) is 33.0. The van der Waals surface area contributed by atoms with E-state index in [0.29, 0.717) is 15.6 Å². The van der Waals surface area contributed by atoms with Crippen molar-refractivity contribution in [1.82, 2.24) is 0 Å². The summed E-state index contributed by atoms with van der Waals surface area (Å²) in [6.07, 6.45) is 23.4. The van der Waals surface area contributed by atoms with Crippen molar-refractivity contribution >= 4 is 43.1 Å². The fourth-order valence-electron chi connectivity index (χ4n) is 5.90. The van der Waals surface area contributed by atoms with Gasteiger partial charge in [0.05, 0.1) is 0 Å². The molecule has 2 radical (unpaired) electrons. The van der Waals surface area contributed by atoms with Crippen LogP contribution in [0.1, 0.15) is 130 Å². The maximum atomic E-state index is 13.9. The van der Waals surface area contributed by atoms with Crippen LogP contribution in [-0.2, 0) is 22.9 Å². The van der Waals surface area contributed by atoms with Crippen LogP contribution in [0.5, 0.6) is 0 Å². The predicted octanol–water partition coefficient (Wildman–Crippen LogP) is 11.2. The van der Waals surface area contributed by atoms with E-state index in [-0.39, 0.29) is 11.7 Å². The van der Waals surface area contributed by atoms with Crippen molar-refractivity contribution in [3.63, 3.8) is 0 Å². The van der Waals surface area contributed by atoms with Crippen LogP contribution >= 0.6 is 6.83 Å². The quantitative estimate of drug-likeness (QED) is 0.0323. The van der Waals surface area contributed by atoms with E-state index >= 15 is 0 Å². The monoisotopic (exact) mass is 698 g/mol. The SMILES string of the molecule is CCCCCCCCCCCCP(CCCC)(CCCC)(CCCC)OS(=O)(=O)CC[Si]C(O[Si](C)(C)C)O[Si](C)(C)C. The van der Waals surface area contributed by atoms with Crippen LogP contribution in [-0.4, -0.2) is 70.9 Å². The first kappa shape index (κ1) is 43.9. The fraction of sp³-hybridized carbons (Fsp3) is 1.00. The zero-order chi connectivity index (χ0) is 32.9. The zero-order valence-corrected chi connectivity index (χ0v) is 35.2. The van der Waals surface area contributed by atoms with Crippen molar-refractivity contribution < 1.29 is 21.2 Å². The molecule has 260 valence electrons. The molecule has 10 heteroatoms. The standard InChI is InChI=1S/C33H75O5PSSi3/c1-11-15-19-20-21-22-23-24-25-26-30-39(27-16-12-2,28-17-13-3,29-18-14-4)38-40(34,35)31-32-41-33(36-42(5,6)7)37-43(8,9)10/h33H,11-32H2,1-10H3. The summed E-state index contributed by atoms with van der Waals surface area (Å²) in [5, 5.41) is 0. The Kier molecular flexibility index (Phi) is 23.0. The van der Waals surface area contributed by atoms with Crippen LogP contribution in [0, 0.1) is 0 Å². The average Bonchev–Trinajstić information content (AvgIpc) is 2.89. The summed E-state index contributed by atoms with van der Waals surface area (Å²) in [5.74, 6) is -0.220. The molecule has 0 atom stereocenters. The van der Waals surface area contributed by atoms with Gasteiger partial charge in [-0.1, -0.05) is 0 Å².